The lowest BCUT2D eigenvalue weighted by Gasteiger charge is -2.28. The van der Waals surface area contributed by atoms with Crippen molar-refractivity contribution < 1.29 is 4.42 Å². The minimum atomic E-state index is 0.877. The van der Waals surface area contributed by atoms with Crippen LogP contribution in [-0.2, 0) is 0 Å². The average molecular weight is 931 g/mol. The van der Waals surface area contributed by atoms with Crippen molar-refractivity contribution in [2.75, 3.05) is 4.90 Å². The molecule has 0 saturated heterocycles. The van der Waals surface area contributed by atoms with Gasteiger partial charge in [0.05, 0.1) is 16.7 Å². The number of aromatic nitrogens is 1. The van der Waals surface area contributed by atoms with Crippen molar-refractivity contribution in [3.8, 4) is 61.3 Å². The van der Waals surface area contributed by atoms with Crippen LogP contribution in [0.15, 0.2) is 283 Å². The highest BCUT2D eigenvalue weighted by atomic mass is 16.3. The highest BCUT2D eigenvalue weighted by Gasteiger charge is 2.22. The average Bonchev–Trinajstić information content (AvgIpc) is 4.01. The summed E-state index contributed by atoms with van der Waals surface area (Å²) in [6.07, 6.45) is 0. The summed E-state index contributed by atoms with van der Waals surface area (Å²) in [7, 11) is 0. The summed E-state index contributed by atoms with van der Waals surface area (Å²) < 4.78 is 9.25. The Morgan fingerprint density at radius 1 is 0.288 bits per heavy atom. The first kappa shape index (κ1) is 42.2. The van der Waals surface area contributed by atoms with Crippen LogP contribution in [0.25, 0.3) is 116 Å². The van der Waals surface area contributed by atoms with E-state index in [1.807, 2.05) is 0 Å². The Kier molecular flexibility index (Phi) is 10.2. The number of hydrogen-bond acceptors (Lipinski definition) is 2. The number of anilines is 3. The van der Waals surface area contributed by atoms with Crippen molar-refractivity contribution in [1.82, 2.24) is 4.57 Å². The van der Waals surface area contributed by atoms with Crippen LogP contribution < -0.4 is 4.90 Å². The molecule has 0 saturated carbocycles. The van der Waals surface area contributed by atoms with Crippen molar-refractivity contribution in [2.24, 2.45) is 0 Å². The number of furan rings is 1. The van der Waals surface area contributed by atoms with Gasteiger partial charge in [0.15, 0.2) is 0 Å². The third kappa shape index (κ3) is 7.37. The van der Waals surface area contributed by atoms with Gasteiger partial charge in [-0.3, -0.25) is 0 Å². The van der Waals surface area contributed by atoms with Crippen LogP contribution in [0.3, 0.4) is 0 Å². The Hall–Kier alpha value is -9.70. The maximum Gasteiger partial charge on any atom is 0.143 e. The molecule has 12 aromatic carbocycles. The standard InChI is InChI=1S/C70H46N2O/c1-3-17-49(18-4-1)58-42-37-54(44-64(58)50-19-5-2-6-20-50)48-35-40-56(41-36-48)71(66-30-12-11-27-61(66)62-28-16-29-63-65-45-52-21-7-8-22-53(52)46-69(65)73-70(62)63)55-38-33-47(34-39-55)51-23-15-24-57(43-51)72-67-31-13-9-25-59(67)60-26-10-14-32-68(60)72/h1-46H. The second-order valence-electron chi connectivity index (χ2n) is 18.8. The third-order valence-electron chi connectivity index (χ3n) is 14.6. The Morgan fingerprint density at radius 2 is 0.795 bits per heavy atom. The molecule has 14 rings (SSSR count). The number of hydrogen-bond donors (Lipinski definition) is 0. The molecule has 2 heterocycles. The van der Waals surface area contributed by atoms with E-state index in [1.54, 1.807) is 0 Å². The number of benzene rings is 12. The van der Waals surface area contributed by atoms with Gasteiger partial charge >= 0.3 is 0 Å². The van der Waals surface area contributed by atoms with Gasteiger partial charge in [0.25, 0.3) is 0 Å². The lowest BCUT2D eigenvalue weighted by Crippen LogP contribution is -2.11. The Morgan fingerprint density at radius 3 is 1.48 bits per heavy atom. The maximum atomic E-state index is 6.86. The van der Waals surface area contributed by atoms with E-state index >= 15 is 0 Å². The van der Waals surface area contributed by atoms with E-state index in [4.69, 9.17) is 4.42 Å². The highest BCUT2D eigenvalue weighted by Crippen LogP contribution is 2.46. The molecule has 0 N–H and O–H groups in total. The molecule has 0 spiro atoms. The third-order valence-corrected chi connectivity index (χ3v) is 14.6. The smallest absolute Gasteiger partial charge is 0.143 e. The minimum absolute atomic E-state index is 0.877. The van der Waals surface area contributed by atoms with Crippen molar-refractivity contribution in [1.29, 1.82) is 0 Å². The second-order valence-corrected chi connectivity index (χ2v) is 18.8. The quantitative estimate of drug-likeness (QED) is 0.144. The summed E-state index contributed by atoms with van der Waals surface area (Å²) in [4.78, 5) is 2.39. The van der Waals surface area contributed by atoms with E-state index in [-0.39, 0.29) is 0 Å². The maximum absolute atomic E-state index is 6.86. The largest absolute Gasteiger partial charge is 0.455 e. The van der Waals surface area contributed by atoms with Crippen molar-refractivity contribution in [2.45, 2.75) is 0 Å². The van der Waals surface area contributed by atoms with Crippen LogP contribution in [0.5, 0.6) is 0 Å². The molecule has 0 aliphatic heterocycles. The molecule has 0 aliphatic carbocycles. The molecule has 2 aromatic heterocycles. The molecule has 0 aliphatic rings. The molecule has 0 amide bonds. The molecule has 3 nitrogen and oxygen atoms in total. The van der Waals surface area contributed by atoms with Gasteiger partial charge in [-0.1, -0.05) is 206 Å². The van der Waals surface area contributed by atoms with E-state index in [0.717, 1.165) is 83.5 Å². The molecular formula is C70H46N2O. The fraction of sp³-hybridized carbons (Fsp3) is 0. The summed E-state index contributed by atoms with van der Waals surface area (Å²) in [5.74, 6) is 0. The van der Waals surface area contributed by atoms with Gasteiger partial charge in [-0.25, -0.2) is 0 Å². The number of fused-ring (bicyclic) bond motifs is 7. The van der Waals surface area contributed by atoms with E-state index in [0.29, 0.717) is 0 Å². The summed E-state index contributed by atoms with van der Waals surface area (Å²) in [6, 6.07) is 101. The zero-order valence-corrected chi connectivity index (χ0v) is 39.9. The molecule has 14 aromatic rings. The van der Waals surface area contributed by atoms with Gasteiger partial charge in [0, 0.05) is 49.7 Å². The molecule has 73 heavy (non-hydrogen) atoms. The molecule has 0 unspecified atom stereocenters. The molecular weight excluding hydrogens is 885 g/mol. The summed E-state index contributed by atoms with van der Waals surface area (Å²) in [5.41, 5.74) is 20.0. The molecule has 342 valence electrons. The van der Waals surface area contributed by atoms with Crippen LogP contribution in [0.4, 0.5) is 17.1 Å². The van der Waals surface area contributed by atoms with E-state index in [1.165, 1.54) is 49.4 Å². The topological polar surface area (TPSA) is 21.3 Å². The van der Waals surface area contributed by atoms with E-state index < -0.39 is 0 Å². The summed E-state index contributed by atoms with van der Waals surface area (Å²) in [6.45, 7) is 0. The van der Waals surface area contributed by atoms with Gasteiger partial charge in [0.2, 0.25) is 0 Å². The lowest BCUT2D eigenvalue weighted by atomic mass is 9.91. The van der Waals surface area contributed by atoms with Gasteiger partial charge in [-0.05, 0) is 128 Å². The van der Waals surface area contributed by atoms with Crippen LogP contribution in [0, 0.1) is 0 Å². The first-order valence-electron chi connectivity index (χ1n) is 25.0. The fourth-order valence-electron chi connectivity index (χ4n) is 11.1. The second kappa shape index (κ2) is 17.6. The van der Waals surface area contributed by atoms with Crippen LogP contribution >= 0.6 is 0 Å². The van der Waals surface area contributed by atoms with Gasteiger partial charge in [0.1, 0.15) is 11.2 Å². The zero-order valence-electron chi connectivity index (χ0n) is 39.9. The van der Waals surface area contributed by atoms with Crippen molar-refractivity contribution in [3.05, 3.63) is 279 Å². The molecule has 0 atom stereocenters. The fourth-order valence-corrected chi connectivity index (χ4v) is 11.1. The van der Waals surface area contributed by atoms with Gasteiger partial charge < -0.3 is 13.9 Å². The van der Waals surface area contributed by atoms with Gasteiger partial charge in [-0.2, -0.15) is 0 Å². The summed E-state index contributed by atoms with van der Waals surface area (Å²) >= 11 is 0. The van der Waals surface area contributed by atoms with Gasteiger partial charge in [-0.15, -0.1) is 0 Å². The Labute approximate surface area is 423 Å². The Balaban J connectivity index is 0.894. The monoisotopic (exact) mass is 930 g/mol. The normalized spacial score (nSPS) is 11.6. The number of nitrogens with zero attached hydrogens (tertiary/aromatic N) is 2. The number of rotatable bonds is 9. The Bertz CT molecular complexity index is 4300. The van der Waals surface area contributed by atoms with E-state index in [9.17, 15) is 0 Å². The molecule has 0 fully saturated rings. The first-order valence-corrected chi connectivity index (χ1v) is 25.0. The zero-order chi connectivity index (χ0) is 48.2. The molecule has 0 radical (unpaired) electrons. The molecule has 3 heteroatoms. The predicted octanol–water partition coefficient (Wildman–Crippen LogP) is 19.6. The predicted molar refractivity (Wildman–Crippen MR) is 307 cm³/mol. The first-order chi connectivity index (χ1) is 36.2. The van der Waals surface area contributed by atoms with Crippen molar-refractivity contribution in [3.63, 3.8) is 0 Å². The van der Waals surface area contributed by atoms with E-state index in [2.05, 4.69) is 289 Å². The van der Waals surface area contributed by atoms with Crippen molar-refractivity contribution >= 4 is 71.6 Å². The number of para-hydroxylation sites is 4. The summed E-state index contributed by atoms with van der Waals surface area (Å²) in [5, 5.41) is 7.09. The minimum Gasteiger partial charge on any atom is -0.455 e. The molecule has 0 bridgehead atoms. The van der Waals surface area contributed by atoms with Crippen LogP contribution in [0.1, 0.15) is 0 Å². The highest BCUT2D eigenvalue weighted by molar-refractivity contribution is 6.14. The van der Waals surface area contributed by atoms with Crippen LogP contribution in [0.2, 0.25) is 0 Å². The lowest BCUT2D eigenvalue weighted by molar-refractivity contribution is 0.670. The SMILES string of the molecule is c1ccc(-c2ccc(-c3ccc(N(c4ccc(-c5cccc(-n6c7ccccc7c7ccccc76)c5)cc4)c4ccccc4-c4cccc5c4oc4cc6ccccc6cc45)cc3)cc2-c2ccccc2)cc1. The van der Waals surface area contributed by atoms with Crippen LogP contribution in [-0.4, -0.2) is 4.57 Å².